The van der Waals surface area contributed by atoms with Crippen LogP contribution in [0.1, 0.15) is 32.1 Å². The summed E-state index contributed by atoms with van der Waals surface area (Å²) in [4.78, 5) is 24.0. The number of benzene rings is 2. The SMILES string of the molecule is COC[C@@H]1CCCN1C/C=C/C(=O)Nc1cc2c(Nc3ccc(F)c(Cl)c3)ncnc2cc1OC1CCC1. The van der Waals surface area contributed by atoms with Crippen LogP contribution in [0.4, 0.5) is 21.6 Å². The van der Waals surface area contributed by atoms with Gasteiger partial charge in [-0.1, -0.05) is 17.7 Å². The number of likely N-dealkylation sites (tertiary alicyclic amines) is 1. The number of nitrogens with one attached hydrogen (secondary N) is 2. The van der Waals surface area contributed by atoms with E-state index in [1.54, 1.807) is 25.3 Å². The summed E-state index contributed by atoms with van der Waals surface area (Å²) in [6.45, 7) is 2.38. The fraction of sp³-hybridized carbons (Fsp3) is 0.393. The summed E-state index contributed by atoms with van der Waals surface area (Å²) in [5.41, 5.74) is 1.76. The summed E-state index contributed by atoms with van der Waals surface area (Å²) in [5.74, 6) is 0.316. The van der Waals surface area contributed by atoms with E-state index in [0.29, 0.717) is 53.0 Å². The van der Waals surface area contributed by atoms with Gasteiger partial charge >= 0.3 is 0 Å². The minimum Gasteiger partial charge on any atom is -0.488 e. The quantitative estimate of drug-likeness (QED) is 0.319. The first-order valence-corrected chi connectivity index (χ1v) is 13.3. The summed E-state index contributed by atoms with van der Waals surface area (Å²) in [6.07, 6.45) is 10.3. The van der Waals surface area contributed by atoms with E-state index in [9.17, 15) is 9.18 Å². The zero-order valence-corrected chi connectivity index (χ0v) is 22.0. The summed E-state index contributed by atoms with van der Waals surface area (Å²) in [7, 11) is 1.72. The molecule has 2 fully saturated rings. The van der Waals surface area contributed by atoms with Crippen molar-refractivity contribution in [2.24, 2.45) is 0 Å². The third kappa shape index (κ3) is 6.23. The molecule has 1 aliphatic carbocycles. The van der Waals surface area contributed by atoms with Crippen LogP contribution in [-0.2, 0) is 9.53 Å². The average Bonchev–Trinajstić information content (AvgIpc) is 3.31. The highest BCUT2D eigenvalue weighted by Crippen LogP contribution is 2.36. The molecule has 1 aromatic heterocycles. The molecule has 200 valence electrons. The summed E-state index contributed by atoms with van der Waals surface area (Å²) in [6, 6.07) is 8.36. The van der Waals surface area contributed by atoms with Gasteiger partial charge in [-0.15, -0.1) is 0 Å². The molecule has 2 aromatic carbocycles. The molecule has 1 amide bonds. The predicted octanol–water partition coefficient (Wildman–Crippen LogP) is 5.70. The Bertz CT molecular complexity index is 1330. The van der Waals surface area contributed by atoms with Crippen molar-refractivity contribution in [3.8, 4) is 5.75 Å². The first-order valence-electron chi connectivity index (χ1n) is 12.9. The highest BCUT2D eigenvalue weighted by Gasteiger charge is 2.24. The van der Waals surface area contributed by atoms with E-state index in [1.807, 2.05) is 12.1 Å². The lowest BCUT2D eigenvalue weighted by molar-refractivity contribution is -0.111. The fourth-order valence-corrected chi connectivity index (χ4v) is 4.92. The van der Waals surface area contributed by atoms with E-state index in [2.05, 4.69) is 25.5 Å². The molecule has 8 nitrogen and oxygen atoms in total. The van der Waals surface area contributed by atoms with Gasteiger partial charge in [0.25, 0.3) is 0 Å². The first kappa shape index (κ1) is 26.3. The molecule has 1 aliphatic heterocycles. The maximum Gasteiger partial charge on any atom is 0.248 e. The maximum atomic E-state index is 13.6. The van der Waals surface area contributed by atoms with E-state index < -0.39 is 5.82 Å². The second kappa shape index (κ2) is 12.1. The lowest BCUT2D eigenvalue weighted by Crippen LogP contribution is -2.33. The van der Waals surface area contributed by atoms with Crippen molar-refractivity contribution in [2.45, 2.75) is 44.2 Å². The minimum absolute atomic E-state index is 0.00626. The van der Waals surface area contributed by atoms with Crippen LogP contribution >= 0.6 is 11.6 Å². The van der Waals surface area contributed by atoms with Crippen LogP contribution in [0.3, 0.4) is 0 Å². The zero-order chi connectivity index (χ0) is 26.5. The Kier molecular flexibility index (Phi) is 8.36. The molecule has 2 heterocycles. The largest absolute Gasteiger partial charge is 0.488 e. The van der Waals surface area contributed by atoms with E-state index in [4.69, 9.17) is 21.1 Å². The highest BCUT2D eigenvalue weighted by atomic mass is 35.5. The van der Waals surface area contributed by atoms with E-state index in [0.717, 1.165) is 38.6 Å². The Morgan fingerprint density at radius 2 is 2.08 bits per heavy atom. The number of fused-ring (bicyclic) bond motifs is 1. The number of rotatable bonds is 10. The molecule has 38 heavy (non-hydrogen) atoms. The van der Waals surface area contributed by atoms with Crippen LogP contribution in [0, 0.1) is 5.82 Å². The number of nitrogens with zero attached hydrogens (tertiary/aromatic N) is 3. The molecule has 1 saturated heterocycles. The van der Waals surface area contributed by atoms with Gasteiger partial charge in [-0.2, -0.15) is 0 Å². The van der Waals surface area contributed by atoms with Crippen molar-refractivity contribution >= 4 is 45.6 Å². The lowest BCUT2D eigenvalue weighted by atomic mass is 9.96. The number of methoxy groups -OCH3 is 1. The summed E-state index contributed by atoms with van der Waals surface area (Å²) in [5, 5.41) is 6.83. The van der Waals surface area contributed by atoms with E-state index in [1.165, 1.54) is 18.5 Å². The van der Waals surface area contributed by atoms with Crippen molar-refractivity contribution in [3.63, 3.8) is 0 Å². The number of ether oxygens (including phenoxy) is 2. The predicted molar refractivity (Wildman–Crippen MR) is 147 cm³/mol. The number of anilines is 3. The highest BCUT2D eigenvalue weighted by molar-refractivity contribution is 6.31. The molecule has 2 aliphatic rings. The fourth-order valence-electron chi connectivity index (χ4n) is 4.74. The third-order valence-corrected chi connectivity index (χ3v) is 7.28. The van der Waals surface area contributed by atoms with E-state index >= 15 is 0 Å². The van der Waals surface area contributed by atoms with Gasteiger partial charge in [0.1, 0.15) is 23.7 Å². The molecule has 0 bridgehead atoms. The Morgan fingerprint density at radius 3 is 2.84 bits per heavy atom. The van der Waals surface area contributed by atoms with Crippen LogP contribution in [0.25, 0.3) is 10.9 Å². The van der Waals surface area contributed by atoms with Gasteiger partial charge in [-0.05, 0) is 62.9 Å². The normalized spacial score (nSPS) is 18.1. The molecule has 0 spiro atoms. The topological polar surface area (TPSA) is 88.6 Å². The second-order valence-electron chi connectivity index (χ2n) is 9.65. The average molecular weight is 540 g/mol. The van der Waals surface area contributed by atoms with Crippen molar-refractivity contribution in [1.82, 2.24) is 14.9 Å². The van der Waals surface area contributed by atoms with Gasteiger partial charge in [0.05, 0.1) is 28.9 Å². The van der Waals surface area contributed by atoms with Crippen molar-refractivity contribution in [3.05, 3.63) is 59.7 Å². The first-order chi connectivity index (χ1) is 18.5. The number of carbonyl (C=O) groups is 1. The number of aromatic nitrogens is 2. The van der Waals surface area contributed by atoms with Gasteiger partial charge in [0, 0.05) is 42.9 Å². The standard InChI is InChI=1S/C28H31ClFN5O3/c1-37-16-19-5-3-11-35(19)12-4-8-27(36)34-25-14-21-24(15-26(25)38-20-6-2-7-20)31-17-32-28(21)33-18-9-10-23(30)22(29)13-18/h4,8-10,13-15,17,19-20H,2-3,5-7,11-12,16H2,1H3,(H,34,36)(H,31,32,33)/b8-4+/t19-/m0/s1. The summed E-state index contributed by atoms with van der Waals surface area (Å²) >= 11 is 5.95. The number of hydrogen-bond acceptors (Lipinski definition) is 7. The van der Waals surface area contributed by atoms with Gasteiger partial charge in [-0.3, -0.25) is 9.69 Å². The van der Waals surface area contributed by atoms with Gasteiger partial charge in [-0.25, -0.2) is 14.4 Å². The molecule has 2 N–H and O–H groups in total. The number of halogens is 2. The van der Waals surface area contributed by atoms with Gasteiger partial charge < -0.3 is 20.1 Å². The second-order valence-corrected chi connectivity index (χ2v) is 10.1. The molecule has 0 radical (unpaired) electrons. The van der Waals surface area contributed by atoms with Gasteiger partial charge in [0.15, 0.2) is 0 Å². The molecular formula is C28H31ClFN5O3. The zero-order valence-electron chi connectivity index (χ0n) is 21.3. The number of carbonyl (C=O) groups excluding carboxylic acids is 1. The molecule has 10 heteroatoms. The molecule has 3 aromatic rings. The lowest BCUT2D eigenvalue weighted by Gasteiger charge is -2.27. The van der Waals surface area contributed by atoms with Crippen LogP contribution in [0.5, 0.6) is 5.75 Å². The monoisotopic (exact) mass is 539 g/mol. The molecule has 0 unspecified atom stereocenters. The Hall–Kier alpha value is -3.27. The Morgan fingerprint density at radius 1 is 1.21 bits per heavy atom. The van der Waals surface area contributed by atoms with Crippen molar-refractivity contribution in [2.75, 3.05) is 37.4 Å². The number of amides is 1. The smallest absolute Gasteiger partial charge is 0.248 e. The van der Waals surface area contributed by atoms with Gasteiger partial charge in [0.2, 0.25) is 5.91 Å². The van der Waals surface area contributed by atoms with Crippen LogP contribution in [-0.4, -0.2) is 59.7 Å². The van der Waals surface area contributed by atoms with Crippen LogP contribution in [0.15, 0.2) is 48.8 Å². The molecule has 1 saturated carbocycles. The summed E-state index contributed by atoms with van der Waals surface area (Å²) < 4.78 is 25.1. The maximum absolute atomic E-state index is 13.6. The third-order valence-electron chi connectivity index (χ3n) is 6.99. The Balaban J connectivity index is 1.37. The Labute approximate surface area is 226 Å². The van der Waals surface area contributed by atoms with Crippen molar-refractivity contribution < 1.29 is 18.7 Å². The van der Waals surface area contributed by atoms with E-state index in [-0.39, 0.29) is 17.0 Å². The molecule has 1 atom stereocenters. The van der Waals surface area contributed by atoms with Crippen LogP contribution in [0.2, 0.25) is 5.02 Å². The number of hydrogen-bond donors (Lipinski definition) is 2. The molecule has 5 rings (SSSR count). The van der Waals surface area contributed by atoms with Crippen LogP contribution < -0.4 is 15.4 Å². The minimum atomic E-state index is -0.500. The molecular weight excluding hydrogens is 509 g/mol. The van der Waals surface area contributed by atoms with Crippen molar-refractivity contribution in [1.29, 1.82) is 0 Å².